The zero-order chi connectivity index (χ0) is 19.3. The van der Waals surface area contributed by atoms with Crippen LogP contribution in [0, 0.1) is 0 Å². The molecule has 0 bridgehead atoms. The van der Waals surface area contributed by atoms with Crippen LogP contribution in [0.25, 0.3) is 0 Å². The second-order valence-electron chi connectivity index (χ2n) is 6.72. The van der Waals surface area contributed by atoms with E-state index in [9.17, 15) is 14.4 Å². The summed E-state index contributed by atoms with van der Waals surface area (Å²) in [5.74, 6) is 1.01. The van der Waals surface area contributed by atoms with E-state index in [-0.39, 0.29) is 25.3 Å². The van der Waals surface area contributed by atoms with Crippen molar-refractivity contribution in [1.82, 2.24) is 9.78 Å². The van der Waals surface area contributed by atoms with Gasteiger partial charge in [-0.15, -0.1) is 11.8 Å². The smallest absolute Gasteiger partial charge is 0.292 e. The standard InChI is InChI=1S/C18H16N4O5S/c23-15(20-10-1-4-12-13(5-10)27-9-26-12)7-21-18(25)17-14(6-19-21)28-8-16(24)22(17)11-2-3-11/h1,4-6,11H,2-3,7-9H2,(H,20,23). The fourth-order valence-electron chi connectivity index (χ4n) is 3.27. The molecule has 144 valence electrons. The number of fused-ring (bicyclic) bond motifs is 2. The maximum Gasteiger partial charge on any atom is 0.292 e. The van der Waals surface area contributed by atoms with Gasteiger partial charge in [0.1, 0.15) is 12.2 Å². The molecule has 2 aromatic rings. The third-order valence-corrected chi connectivity index (χ3v) is 5.71. The molecule has 1 aromatic carbocycles. The minimum absolute atomic E-state index is 0.0698. The summed E-state index contributed by atoms with van der Waals surface area (Å²) in [4.78, 5) is 39.9. The molecule has 1 fully saturated rings. The summed E-state index contributed by atoms with van der Waals surface area (Å²) in [7, 11) is 0. The maximum atomic E-state index is 12.9. The van der Waals surface area contributed by atoms with Gasteiger partial charge in [0.15, 0.2) is 11.5 Å². The Morgan fingerprint density at radius 3 is 2.89 bits per heavy atom. The van der Waals surface area contributed by atoms with Crippen LogP contribution in [0.15, 0.2) is 34.1 Å². The topological polar surface area (TPSA) is 103 Å². The number of amides is 2. The molecule has 0 spiro atoms. The van der Waals surface area contributed by atoms with E-state index in [0.29, 0.717) is 33.5 Å². The largest absolute Gasteiger partial charge is 0.454 e. The van der Waals surface area contributed by atoms with Gasteiger partial charge in [-0.3, -0.25) is 14.4 Å². The summed E-state index contributed by atoms with van der Waals surface area (Å²) in [5, 5.41) is 6.83. The van der Waals surface area contributed by atoms with Crippen LogP contribution in [-0.2, 0) is 16.1 Å². The molecule has 0 radical (unpaired) electrons. The van der Waals surface area contributed by atoms with E-state index in [1.165, 1.54) is 11.8 Å². The highest BCUT2D eigenvalue weighted by molar-refractivity contribution is 8.00. The van der Waals surface area contributed by atoms with Crippen LogP contribution < -0.4 is 25.2 Å². The summed E-state index contributed by atoms with van der Waals surface area (Å²) < 4.78 is 11.6. The van der Waals surface area contributed by atoms with Gasteiger partial charge in [0.25, 0.3) is 5.56 Å². The van der Waals surface area contributed by atoms with E-state index in [0.717, 1.165) is 17.5 Å². The predicted molar refractivity (Wildman–Crippen MR) is 101 cm³/mol. The summed E-state index contributed by atoms with van der Waals surface area (Å²) in [6, 6.07) is 5.14. The van der Waals surface area contributed by atoms with Crippen molar-refractivity contribution in [2.45, 2.75) is 30.3 Å². The average Bonchev–Trinajstić information content (AvgIpc) is 3.41. The number of ether oxygens (including phenoxy) is 2. The monoisotopic (exact) mass is 400 g/mol. The number of anilines is 2. The molecule has 1 aliphatic carbocycles. The first-order chi connectivity index (χ1) is 13.6. The van der Waals surface area contributed by atoms with Crippen molar-refractivity contribution in [3.63, 3.8) is 0 Å². The Morgan fingerprint density at radius 1 is 1.25 bits per heavy atom. The average molecular weight is 400 g/mol. The van der Waals surface area contributed by atoms with Gasteiger partial charge in [0.2, 0.25) is 18.6 Å². The molecular weight excluding hydrogens is 384 g/mol. The Labute approximate surface area is 163 Å². The summed E-state index contributed by atoms with van der Waals surface area (Å²) in [5.41, 5.74) is 0.450. The number of nitrogens with one attached hydrogen (secondary N) is 1. The lowest BCUT2D eigenvalue weighted by Gasteiger charge is -2.28. The van der Waals surface area contributed by atoms with E-state index < -0.39 is 11.5 Å². The van der Waals surface area contributed by atoms with Crippen LogP contribution in [-0.4, -0.2) is 40.2 Å². The van der Waals surface area contributed by atoms with Crippen LogP contribution >= 0.6 is 11.8 Å². The van der Waals surface area contributed by atoms with Gasteiger partial charge in [-0.25, -0.2) is 4.68 Å². The Morgan fingerprint density at radius 2 is 2.07 bits per heavy atom. The molecule has 0 unspecified atom stereocenters. The number of hydrogen-bond donors (Lipinski definition) is 1. The molecule has 3 aliphatic rings. The zero-order valence-electron chi connectivity index (χ0n) is 14.7. The van der Waals surface area contributed by atoms with E-state index in [4.69, 9.17) is 9.47 Å². The Hall–Kier alpha value is -3.01. The molecule has 0 atom stereocenters. The second-order valence-corrected chi connectivity index (χ2v) is 7.74. The zero-order valence-corrected chi connectivity index (χ0v) is 15.5. The molecule has 5 rings (SSSR count). The van der Waals surface area contributed by atoms with Crippen molar-refractivity contribution in [1.29, 1.82) is 0 Å². The Kier molecular flexibility index (Phi) is 4.00. The molecule has 10 heteroatoms. The molecule has 1 N–H and O–H groups in total. The van der Waals surface area contributed by atoms with E-state index >= 15 is 0 Å². The highest BCUT2D eigenvalue weighted by atomic mass is 32.2. The van der Waals surface area contributed by atoms with Crippen molar-refractivity contribution >= 4 is 35.0 Å². The van der Waals surface area contributed by atoms with Gasteiger partial charge >= 0.3 is 0 Å². The summed E-state index contributed by atoms with van der Waals surface area (Å²) in [6.07, 6.45) is 3.33. The number of aromatic nitrogens is 2. The normalized spacial score (nSPS) is 17.4. The van der Waals surface area contributed by atoms with Crippen molar-refractivity contribution in [2.75, 3.05) is 22.8 Å². The van der Waals surface area contributed by atoms with Gasteiger partial charge in [0, 0.05) is 17.8 Å². The highest BCUT2D eigenvalue weighted by Crippen LogP contribution is 2.39. The first-order valence-corrected chi connectivity index (χ1v) is 9.83. The third kappa shape index (κ3) is 2.99. The molecule has 3 heterocycles. The molecule has 2 amide bonds. The van der Waals surface area contributed by atoms with Gasteiger partial charge in [0.05, 0.1) is 16.8 Å². The number of carbonyl (C=O) groups excluding carboxylic acids is 2. The lowest BCUT2D eigenvalue weighted by Crippen LogP contribution is -2.43. The van der Waals surface area contributed by atoms with Gasteiger partial charge in [-0.2, -0.15) is 5.10 Å². The molecule has 0 saturated heterocycles. The van der Waals surface area contributed by atoms with E-state index in [2.05, 4.69) is 10.4 Å². The van der Waals surface area contributed by atoms with Crippen molar-refractivity contribution < 1.29 is 19.1 Å². The molecular formula is C18H16N4O5S. The summed E-state index contributed by atoms with van der Waals surface area (Å²) >= 11 is 1.31. The van der Waals surface area contributed by atoms with E-state index in [1.54, 1.807) is 29.3 Å². The lowest BCUT2D eigenvalue weighted by atomic mass is 10.3. The Bertz CT molecular complexity index is 1050. The van der Waals surface area contributed by atoms with Gasteiger partial charge in [-0.1, -0.05) is 0 Å². The van der Waals surface area contributed by atoms with Crippen LogP contribution in [0.1, 0.15) is 12.8 Å². The van der Waals surface area contributed by atoms with Gasteiger partial charge < -0.3 is 19.7 Å². The van der Waals surface area contributed by atoms with Crippen LogP contribution in [0.4, 0.5) is 11.4 Å². The fourth-order valence-corrected chi connectivity index (χ4v) is 4.13. The number of benzene rings is 1. The maximum absolute atomic E-state index is 12.9. The van der Waals surface area contributed by atoms with Crippen LogP contribution in [0.3, 0.4) is 0 Å². The minimum atomic E-state index is -0.425. The van der Waals surface area contributed by atoms with Crippen molar-refractivity contribution in [3.05, 3.63) is 34.7 Å². The molecule has 1 saturated carbocycles. The number of carbonyl (C=O) groups is 2. The first kappa shape index (κ1) is 17.1. The first-order valence-electron chi connectivity index (χ1n) is 8.84. The molecule has 28 heavy (non-hydrogen) atoms. The van der Waals surface area contributed by atoms with E-state index in [1.807, 2.05) is 0 Å². The predicted octanol–water partition coefficient (Wildman–Crippen LogP) is 1.21. The fraction of sp³-hybridized carbons (Fsp3) is 0.333. The van der Waals surface area contributed by atoms with Crippen LogP contribution in [0.5, 0.6) is 11.5 Å². The molecule has 1 aromatic heterocycles. The second kappa shape index (κ2) is 6.55. The quantitative estimate of drug-likeness (QED) is 0.823. The van der Waals surface area contributed by atoms with Crippen LogP contribution in [0.2, 0.25) is 0 Å². The lowest BCUT2D eigenvalue weighted by molar-refractivity contribution is -0.117. The summed E-state index contributed by atoms with van der Waals surface area (Å²) in [6.45, 7) is -0.104. The van der Waals surface area contributed by atoms with Crippen molar-refractivity contribution in [2.24, 2.45) is 0 Å². The SMILES string of the molecule is O=C(Cn1ncc2c(c1=O)N(C1CC1)C(=O)CS2)Nc1ccc2c(c1)OCO2. The number of thioether (sulfide) groups is 1. The molecule has 9 nitrogen and oxygen atoms in total. The molecule has 2 aliphatic heterocycles. The van der Waals surface area contributed by atoms with Gasteiger partial charge in [-0.05, 0) is 25.0 Å². The third-order valence-electron chi connectivity index (χ3n) is 4.71. The number of hydrogen-bond acceptors (Lipinski definition) is 7. The minimum Gasteiger partial charge on any atom is -0.454 e. The highest BCUT2D eigenvalue weighted by Gasteiger charge is 2.39. The van der Waals surface area contributed by atoms with Crippen molar-refractivity contribution in [3.8, 4) is 11.5 Å². The number of rotatable bonds is 4. The number of nitrogens with zero attached hydrogens (tertiary/aromatic N) is 3. The Balaban J connectivity index is 1.38.